The maximum Gasteiger partial charge on any atom is 0.0546 e. The number of benzene rings is 11. The summed E-state index contributed by atoms with van der Waals surface area (Å²) < 4.78 is 0. The van der Waals surface area contributed by atoms with Gasteiger partial charge in [0.25, 0.3) is 0 Å². The zero-order chi connectivity index (χ0) is 40.0. The SMILES string of the molecule is CC1(C)c2c(-c3cc4ccccc4c4ccccc34)cccc2-c2c(N(c3ccc(-c4ccccc4)cc3)c3cc4ccccc4c4ccccc34)ccc3cccc1c23. The molecule has 0 aliphatic heterocycles. The first-order chi connectivity index (χ1) is 29.5. The van der Waals surface area contributed by atoms with Gasteiger partial charge in [-0.25, -0.2) is 0 Å². The minimum absolute atomic E-state index is 0.290. The van der Waals surface area contributed by atoms with Gasteiger partial charge in [-0.2, -0.15) is 0 Å². The van der Waals surface area contributed by atoms with E-state index in [0.29, 0.717) is 0 Å². The number of rotatable bonds is 5. The zero-order valence-electron chi connectivity index (χ0n) is 33.7. The standard InChI is InChI=1S/C59H41N/c1-59(2)53-29-14-20-40-32-35-54(57(56(40)53)51-28-15-27-50(58(51)59)52-36-41-18-6-8-21-44(41)46-23-10-11-25-48(46)52)60(43-33-30-39(31-34-43)38-16-4-3-5-17-38)55-37-42-19-7-9-22-45(42)47-24-12-13-26-49(47)55/h3-37H,1-2H3. The minimum Gasteiger partial charge on any atom is -0.309 e. The van der Waals surface area contributed by atoms with Gasteiger partial charge in [-0.3, -0.25) is 0 Å². The number of fused-ring (bicyclic) bond motifs is 8. The minimum atomic E-state index is -0.290. The number of nitrogens with zero attached hydrogens (tertiary/aromatic N) is 1. The molecule has 11 aromatic rings. The molecule has 1 nitrogen and oxygen atoms in total. The number of hydrogen-bond acceptors (Lipinski definition) is 1. The number of hydrogen-bond donors (Lipinski definition) is 0. The third-order valence-corrected chi connectivity index (χ3v) is 13.2. The van der Waals surface area contributed by atoms with Crippen molar-refractivity contribution in [2.45, 2.75) is 19.3 Å². The van der Waals surface area contributed by atoms with Crippen LogP contribution in [0.4, 0.5) is 17.1 Å². The molecule has 1 aliphatic carbocycles. The Kier molecular flexibility index (Phi) is 7.65. The van der Waals surface area contributed by atoms with E-state index in [4.69, 9.17) is 0 Å². The molecule has 0 bridgehead atoms. The Hall–Kier alpha value is -7.48. The Balaban J connectivity index is 1.19. The summed E-state index contributed by atoms with van der Waals surface area (Å²) in [5.74, 6) is 0. The molecule has 0 fully saturated rings. The summed E-state index contributed by atoms with van der Waals surface area (Å²) >= 11 is 0. The molecule has 0 heterocycles. The van der Waals surface area contributed by atoms with Gasteiger partial charge in [0.2, 0.25) is 0 Å². The lowest BCUT2D eigenvalue weighted by molar-refractivity contribution is 0.647. The largest absolute Gasteiger partial charge is 0.309 e. The first-order valence-corrected chi connectivity index (χ1v) is 21.0. The van der Waals surface area contributed by atoms with E-state index < -0.39 is 0 Å². The van der Waals surface area contributed by atoms with Crippen LogP contribution in [0.2, 0.25) is 0 Å². The highest BCUT2D eigenvalue weighted by molar-refractivity contribution is 6.18. The summed E-state index contributed by atoms with van der Waals surface area (Å²) in [4.78, 5) is 2.54. The van der Waals surface area contributed by atoms with E-state index in [1.807, 2.05) is 0 Å². The van der Waals surface area contributed by atoms with Crippen molar-refractivity contribution in [2.24, 2.45) is 0 Å². The Morgan fingerprint density at radius 3 is 1.63 bits per heavy atom. The third-order valence-electron chi connectivity index (χ3n) is 13.2. The van der Waals surface area contributed by atoms with Crippen molar-refractivity contribution in [3.8, 4) is 33.4 Å². The first kappa shape index (κ1) is 34.6. The highest BCUT2D eigenvalue weighted by atomic mass is 15.1. The van der Waals surface area contributed by atoms with Gasteiger partial charge in [0, 0.05) is 22.1 Å². The second kappa shape index (κ2) is 13.3. The molecular formula is C59H41N. The highest BCUT2D eigenvalue weighted by Gasteiger charge is 2.38. The van der Waals surface area contributed by atoms with Crippen LogP contribution in [0.5, 0.6) is 0 Å². The fourth-order valence-corrected chi connectivity index (χ4v) is 10.5. The van der Waals surface area contributed by atoms with Crippen molar-refractivity contribution in [2.75, 3.05) is 4.90 Å². The lowest BCUT2D eigenvalue weighted by atomic mass is 9.65. The molecule has 1 aliphatic rings. The van der Waals surface area contributed by atoms with Crippen molar-refractivity contribution in [3.05, 3.63) is 223 Å². The van der Waals surface area contributed by atoms with E-state index in [1.165, 1.54) is 104 Å². The van der Waals surface area contributed by atoms with E-state index in [1.54, 1.807) is 0 Å². The van der Waals surface area contributed by atoms with Crippen LogP contribution < -0.4 is 4.90 Å². The molecule has 0 atom stereocenters. The van der Waals surface area contributed by atoms with Crippen LogP contribution >= 0.6 is 0 Å². The van der Waals surface area contributed by atoms with E-state index in [-0.39, 0.29) is 5.41 Å². The molecule has 0 spiro atoms. The van der Waals surface area contributed by atoms with Gasteiger partial charge in [0.15, 0.2) is 0 Å². The Labute approximate surface area is 350 Å². The quantitative estimate of drug-likeness (QED) is 0.158. The molecule has 60 heavy (non-hydrogen) atoms. The van der Waals surface area contributed by atoms with Crippen LogP contribution in [-0.4, -0.2) is 0 Å². The summed E-state index contributed by atoms with van der Waals surface area (Å²) in [5.41, 5.74) is 13.4. The van der Waals surface area contributed by atoms with Crippen molar-refractivity contribution >= 4 is 70.9 Å². The van der Waals surface area contributed by atoms with Crippen LogP contribution in [-0.2, 0) is 5.41 Å². The third kappa shape index (κ3) is 5.12. The van der Waals surface area contributed by atoms with Gasteiger partial charge in [0.1, 0.15) is 0 Å². The fourth-order valence-electron chi connectivity index (χ4n) is 10.5. The Morgan fingerprint density at radius 1 is 0.350 bits per heavy atom. The lowest BCUT2D eigenvalue weighted by Gasteiger charge is -2.39. The van der Waals surface area contributed by atoms with Crippen LogP contribution in [0, 0.1) is 0 Å². The van der Waals surface area contributed by atoms with Gasteiger partial charge in [-0.05, 0) is 118 Å². The molecule has 0 aromatic heterocycles. The molecular weight excluding hydrogens is 723 g/mol. The summed E-state index contributed by atoms with van der Waals surface area (Å²) in [6.45, 7) is 4.86. The topological polar surface area (TPSA) is 3.24 Å². The summed E-state index contributed by atoms with van der Waals surface area (Å²) in [6, 6.07) is 78.8. The second-order valence-corrected chi connectivity index (χ2v) is 16.8. The Bertz CT molecular complexity index is 3500. The summed E-state index contributed by atoms with van der Waals surface area (Å²) in [6.07, 6.45) is 0. The molecule has 0 amide bonds. The van der Waals surface area contributed by atoms with Crippen LogP contribution in [0.25, 0.3) is 87.2 Å². The van der Waals surface area contributed by atoms with Crippen molar-refractivity contribution < 1.29 is 0 Å². The van der Waals surface area contributed by atoms with E-state index >= 15 is 0 Å². The van der Waals surface area contributed by atoms with Gasteiger partial charge in [-0.15, -0.1) is 0 Å². The molecule has 282 valence electrons. The zero-order valence-corrected chi connectivity index (χ0v) is 33.7. The maximum atomic E-state index is 2.54. The van der Waals surface area contributed by atoms with Gasteiger partial charge < -0.3 is 4.90 Å². The van der Waals surface area contributed by atoms with Crippen LogP contribution in [0.1, 0.15) is 25.0 Å². The van der Waals surface area contributed by atoms with Crippen LogP contribution in [0.3, 0.4) is 0 Å². The molecule has 0 saturated carbocycles. The van der Waals surface area contributed by atoms with E-state index in [2.05, 4.69) is 231 Å². The smallest absolute Gasteiger partial charge is 0.0546 e. The van der Waals surface area contributed by atoms with Gasteiger partial charge >= 0.3 is 0 Å². The molecule has 11 aromatic carbocycles. The van der Waals surface area contributed by atoms with Crippen molar-refractivity contribution in [1.82, 2.24) is 0 Å². The van der Waals surface area contributed by atoms with E-state index in [9.17, 15) is 0 Å². The molecule has 0 saturated heterocycles. The maximum absolute atomic E-state index is 2.54. The Morgan fingerprint density at radius 2 is 0.900 bits per heavy atom. The average molecular weight is 764 g/mol. The fraction of sp³-hybridized carbons (Fsp3) is 0.0508. The highest BCUT2D eigenvalue weighted by Crippen LogP contribution is 2.57. The van der Waals surface area contributed by atoms with Crippen molar-refractivity contribution in [3.63, 3.8) is 0 Å². The van der Waals surface area contributed by atoms with Gasteiger partial charge in [0.05, 0.1) is 11.4 Å². The predicted octanol–water partition coefficient (Wildman–Crippen LogP) is 16.6. The monoisotopic (exact) mass is 763 g/mol. The molecule has 0 radical (unpaired) electrons. The second-order valence-electron chi connectivity index (χ2n) is 16.8. The summed E-state index contributed by atoms with van der Waals surface area (Å²) in [5, 5.41) is 12.6. The average Bonchev–Trinajstić information content (AvgIpc) is 3.31. The van der Waals surface area contributed by atoms with E-state index in [0.717, 1.165) is 11.4 Å². The van der Waals surface area contributed by atoms with Crippen molar-refractivity contribution in [1.29, 1.82) is 0 Å². The molecule has 0 N–H and O–H groups in total. The van der Waals surface area contributed by atoms with Crippen LogP contribution in [0.15, 0.2) is 212 Å². The number of anilines is 3. The molecule has 12 rings (SSSR count). The summed E-state index contributed by atoms with van der Waals surface area (Å²) in [7, 11) is 0. The first-order valence-electron chi connectivity index (χ1n) is 21.0. The predicted molar refractivity (Wildman–Crippen MR) is 257 cm³/mol. The van der Waals surface area contributed by atoms with Gasteiger partial charge in [-0.1, -0.05) is 196 Å². The normalized spacial score (nSPS) is 13.0. The lowest BCUT2D eigenvalue weighted by Crippen LogP contribution is -2.25. The molecule has 0 unspecified atom stereocenters. The molecule has 1 heteroatoms.